The molecule has 0 aliphatic rings. The summed E-state index contributed by atoms with van der Waals surface area (Å²) in [5, 5.41) is 4.79. The van der Waals surface area contributed by atoms with Gasteiger partial charge in [-0.1, -0.05) is 6.07 Å². The van der Waals surface area contributed by atoms with Crippen LogP contribution in [0.2, 0.25) is 0 Å². The van der Waals surface area contributed by atoms with Crippen LogP contribution >= 0.6 is 11.3 Å². The average molecular weight is 336 g/mol. The first kappa shape index (κ1) is 14.8. The Morgan fingerprint density at radius 3 is 2.88 bits per heavy atom. The first-order chi connectivity index (χ1) is 11.6. The topological polar surface area (TPSA) is 45.8 Å². The molecule has 3 nitrogen and oxygen atoms in total. The third-order valence-corrected chi connectivity index (χ3v) is 4.78. The Labute approximate surface area is 141 Å². The summed E-state index contributed by atoms with van der Waals surface area (Å²) in [6.45, 7) is 1.81. The standard InChI is InChI=1S/C19H13FN2OS/c1-11-2-3-13(20)8-15(11)18(23)16-9-22-19-17(16)14(4-6-21-19)12-5-7-24-10-12/h2-10H,1H3,(H,21,22). The first-order valence-corrected chi connectivity index (χ1v) is 8.39. The number of hydrogen-bond donors (Lipinski definition) is 1. The maximum atomic E-state index is 13.6. The zero-order valence-corrected chi connectivity index (χ0v) is 13.7. The highest BCUT2D eigenvalue weighted by atomic mass is 32.1. The second-order valence-electron chi connectivity index (χ2n) is 5.58. The molecule has 1 N–H and O–H groups in total. The number of hydrogen-bond acceptors (Lipinski definition) is 3. The Balaban J connectivity index is 1.95. The Kier molecular flexibility index (Phi) is 3.50. The van der Waals surface area contributed by atoms with Crippen molar-refractivity contribution in [2.24, 2.45) is 0 Å². The zero-order chi connectivity index (χ0) is 16.7. The molecule has 0 spiro atoms. The number of fused-ring (bicyclic) bond motifs is 1. The predicted octanol–water partition coefficient (Wildman–Crippen LogP) is 4.97. The van der Waals surface area contributed by atoms with Gasteiger partial charge < -0.3 is 4.98 Å². The second kappa shape index (κ2) is 5.69. The van der Waals surface area contributed by atoms with E-state index >= 15 is 0 Å². The number of halogens is 1. The van der Waals surface area contributed by atoms with Crippen molar-refractivity contribution < 1.29 is 9.18 Å². The number of aromatic nitrogens is 2. The van der Waals surface area contributed by atoms with E-state index in [0.717, 1.165) is 22.1 Å². The van der Waals surface area contributed by atoms with Crippen LogP contribution in [0.15, 0.2) is 53.5 Å². The van der Waals surface area contributed by atoms with Crippen molar-refractivity contribution in [1.29, 1.82) is 0 Å². The fourth-order valence-corrected chi connectivity index (χ4v) is 3.53. The van der Waals surface area contributed by atoms with Gasteiger partial charge in [-0.2, -0.15) is 11.3 Å². The summed E-state index contributed by atoms with van der Waals surface area (Å²) < 4.78 is 13.6. The van der Waals surface area contributed by atoms with Crippen molar-refractivity contribution in [1.82, 2.24) is 9.97 Å². The molecule has 5 heteroatoms. The van der Waals surface area contributed by atoms with Crippen LogP contribution in [0.4, 0.5) is 4.39 Å². The molecular weight excluding hydrogens is 323 g/mol. The maximum Gasteiger partial charge on any atom is 0.195 e. The summed E-state index contributed by atoms with van der Waals surface area (Å²) in [6, 6.07) is 8.17. The van der Waals surface area contributed by atoms with Crippen LogP contribution in [-0.2, 0) is 0 Å². The minimum absolute atomic E-state index is 0.206. The van der Waals surface area contributed by atoms with E-state index in [-0.39, 0.29) is 5.78 Å². The fourth-order valence-electron chi connectivity index (χ4n) is 2.88. The van der Waals surface area contributed by atoms with Gasteiger partial charge in [0.2, 0.25) is 0 Å². The van der Waals surface area contributed by atoms with Gasteiger partial charge in [0.25, 0.3) is 0 Å². The molecule has 0 bridgehead atoms. The van der Waals surface area contributed by atoms with Crippen LogP contribution in [0.3, 0.4) is 0 Å². The van der Waals surface area contributed by atoms with Crippen molar-refractivity contribution in [3.63, 3.8) is 0 Å². The maximum absolute atomic E-state index is 13.6. The van der Waals surface area contributed by atoms with E-state index in [1.807, 2.05) is 22.9 Å². The minimum Gasteiger partial charge on any atom is -0.345 e. The highest BCUT2D eigenvalue weighted by Gasteiger charge is 2.20. The van der Waals surface area contributed by atoms with Gasteiger partial charge >= 0.3 is 0 Å². The number of thiophene rings is 1. The molecule has 0 aliphatic heterocycles. The zero-order valence-electron chi connectivity index (χ0n) is 12.8. The van der Waals surface area contributed by atoms with Gasteiger partial charge in [0.05, 0.1) is 5.56 Å². The molecule has 0 unspecified atom stereocenters. The van der Waals surface area contributed by atoms with E-state index in [1.54, 1.807) is 36.7 Å². The number of ketones is 1. The van der Waals surface area contributed by atoms with Crippen molar-refractivity contribution in [3.05, 3.63) is 76.0 Å². The Hall–Kier alpha value is -2.79. The molecule has 24 heavy (non-hydrogen) atoms. The fraction of sp³-hybridized carbons (Fsp3) is 0.0526. The van der Waals surface area contributed by atoms with Crippen LogP contribution in [0.1, 0.15) is 21.5 Å². The van der Waals surface area contributed by atoms with E-state index in [9.17, 15) is 9.18 Å². The van der Waals surface area contributed by atoms with Crippen LogP contribution in [0, 0.1) is 12.7 Å². The monoisotopic (exact) mass is 336 g/mol. The lowest BCUT2D eigenvalue weighted by Crippen LogP contribution is -2.04. The van der Waals surface area contributed by atoms with Gasteiger partial charge in [0.15, 0.2) is 5.78 Å². The second-order valence-corrected chi connectivity index (χ2v) is 6.36. The number of H-pyrrole nitrogens is 1. The molecular formula is C19H13FN2OS. The van der Waals surface area contributed by atoms with Crippen molar-refractivity contribution in [2.45, 2.75) is 6.92 Å². The summed E-state index contributed by atoms with van der Waals surface area (Å²) in [7, 11) is 0. The largest absolute Gasteiger partial charge is 0.345 e. The number of aromatic amines is 1. The van der Waals surface area contributed by atoms with Crippen LogP contribution in [0.25, 0.3) is 22.2 Å². The normalized spacial score (nSPS) is 11.1. The molecule has 4 aromatic rings. The molecule has 4 rings (SSSR count). The molecule has 0 saturated carbocycles. The van der Waals surface area contributed by atoms with E-state index < -0.39 is 5.82 Å². The molecule has 1 aromatic carbocycles. The lowest BCUT2D eigenvalue weighted by molar-refractivity contribution is 0.103. The lowest BCUT2D eigenvalue weighted by Gasteiger charge is -2.06. The van der Waals surface area contributed by atoms with E-state index in [1.165, 1.54) is 12.1 Å². The summed E-state index contributed by atoms with van der Waals surface area (Å²) in [5.74, 6) is -0.622. The summed E-state index contributed by atoms with van der Waals surface area (Å²) in [6.07, 6.45) is 3.37. The Morgan fingerprint density at radius 1 is 1.21 bits per heavy atom. The molecule has 0 aliphatic carbocycles. The molecule has 0 saturated heterocycles. The number of benzene rings is 1. The Morgan fingerprint density at radius 2 is 2.08 bits per heavy atom. The molecule has 0 amide bonds. The van der Waals surface area contributed by atoms with Gasteiger partial charge in [0.1, 0.15) is 11.5 Å². The number of nitrogens with one attached hydrogen (secondary N) is 1. The molecule has 0 fully saturated rings. The third kappa shape index (κ3) is 2.34. The number of pyridine rings is 1. The minimum atomic E-state index is -0.417. The number of nitrogens with zero attached hydrogens (tertiary/aromatic N) is 1. The smallest absolute Gasteiger partial charge is 0.195 e. The predicted molar refractivity (Wildman–Crippen MR) is 94.0 cm³/mol. The van der Waals surface area contributed by atoms with Gasteiger partial charge in [0, 0.05) is 23.3 Å². The quantitative estimate of drug-likeness (QED) is 0.537. The summed E-state index contributed by atoms with van der Waals surface area (Å²) >= 11 is 1.60. The third-order valence-electron chi connectivity index (χ3n) is 4.09. The molecule has 118 valence electrons. The molecule has 3 aromatic heterocycles. The highest BCUT2D eigenvalue weighted by Crippen LogP contribution is 2.32. The summed E-state index contributed by atoms with van der Waals surface area (Å²) in [4.78, 5) is 20.4. The number of rotatable bonds is 3. The summed E-state index contributed by atoms with van der Waals surface area (Å²) in [5.41, 5.74) is 4.26. The SMILES string of the molecule is Cc1ccc(F)cc1C(=O)c1c[nH]c2nccc(-c3ccsc3)c12. The highest BCUT2D eigenvalue weighted by molar-refractivity contribution is 7.08. The average Bonchev–Trinajstić information content (AvgIpc) is 3.25. The lowest BCUT2D eigenvalue weighted by atomic mass is 9.96. The number of aryl methyl sites for hydroxylation is 1. The van der Waals surface area contributed by atoms with Crippen molar-refractivity contribution in [3.8, 4) is 11.1 Å². The molecule has 3 heterocycles. The van der Waals surface area contributed by atoms with E-state index in [2.05, 4.69) is 9.97 Å². The van der Waals surface area contributed by atoms with Gasteiger partial charge in [-0.15, -0.1) is 0 Å². The van der Waals surface area contributed by atoms with Crippen molar-refractivity contribution >= 4 is 28.2 Å². The van der Waals surface area contributed by atoms with Gasteiger partial charge in [-0.3, -0.25) is 4.79 Å². The van der Waals surface area contributed by atoms with Gasteiger partial charge in [-0.05, 0) is 58.6 Å². The number of carbonyl (C=O) groups is 1. The van der Waals surface area contributed by atoms with Crippen LogP contribution < -0.4 is 0 Å². The van der Waals surface area contributed by atoms with Crippen molar-refractivity contribution in [2.75, 3.05) is 0 Å². The van der Waals surface area contributed by atoms with Crippen LogP contribution in [-0.4, -0.2) is 15.8 Å². The molecule has 0 atom stereocenters. The van der Waals surface area contributed by atoms with E-state index in [4.69, 9.17) is 0 Å². The first-order valence-electron chi connectivity index (χ1n) is 7.44. The number of carbonyl (C=O) groups excluding carboxylic acids is 1. The van der Waals surface area contributed by atoms with E-state index in [0.29, 0.717) is 16.8 Å². The van der Waals surface area contributed by atoms with Gasteiger partial charge in [-0.25, -0.2) is 9.37 Å². The Bertz CT molecular complexity index is 1050. The molecule has 0 radical (unpaired) electrons. The van der Waals surface area contributed by atoms with Crippen LogP contribution in [0.5, 0.6) is 0 Å².